The number of alkyl halides is 1. The van der Waals surface area contributed by atoms with Crippen LogP contribution >= 0.6 is 39.1 Å². The molecule has 0 unspecified atom stereocenters. The molecule has 0 aliphatic heterocycles. The van der Waals surface area contributed by atoms with Crippen LogP contribution in [0, 0.1) is 5.41 Å². The zero-order valence-corrected chi connectivity index (χ0v) is 11.4. The van der Waals surface area contributed by atoms with E-state index >= 15 is 0 Å². The monoisotopic (exact) mass is 294 g/mol. The molecule has 0 bridgehead atoms. The lowest BCUT2D eigenvalue weighted by Crippen LogP contribution is -2.16. The van der Waals surface area contributed by atoms with E-state index < -0.39 is 0 Å². The van der Waals surface area contributed by atoms with Crippen LogP contribution in [0.25, 0.3) is 0 Å². The highest BCUT2D eigenvalue weighted by Crippen LogP contribution is 2.29. The summed E-state index contributed by atoms with van der Waals surface area (Å²) in [5.74, 6) is 0. The molecule has 14 heavy (non-hydrogen) atoms. The van der Waals surface area contributed by atoms with E-state index in [-0.39, 0.29) is 5.41 Å². The lowest BCUT2D eigenvalue weighted by Gasteiger charge is -2.22. The van der Waals surface area contributed by atoms with Crippen molar-refractivity contribution in [1.29, 1.82) is 0 Å². The minimum absolute atomic E-state index is 0.220. The lowest BCUT2D eigenvalue weighted by molar-refractivity contribution is 0.425. The van der Waals surface area contributed by atoms with Crippen molar-refractivity contribution in [3.63, 3.8) is 0 Å². The standard InChI is InChI=1S/C11H13BrCl2/c1-11(2,7-12)6-8-3-4-9(13)5-10(8)14/h3-5H,6-7H2,1-2H3. The predicted molar refractivity (Wildman–Crippen MR) is 67.7 cm³/mol. The van der Waals surface area contributed by atoms with Gasteiger partial charge >= 0.3 is 0 Å². The largest absolute Gasteiger partial charge is 0.0922 e. The molecule has 0 nitrogen and oxygen atoms in total. The first-order chi connectivity index (χ1) is 6.44. The smallest absolute Gasteiger partial charge is 0.0453 e. The Morgan fingerprint density at radius 3 is 2.43 bits per heavy atom. The van der Waals surface area contributed by atoms with Crippen molar-refractivity contribution >= 4 is 39.1 Å². The number of hydrogen-bond acceptors (Lipinski definition) is 0. The van der Waals surface area contributed by atoms with Crippen molar-refractivity contribution in [1.82, 2.24) is 0 Å². The van der Waals surface area contributed by atoms with Crippen LogP contribution in [0.5, 0.6) is 0 Å². The summed E-state index contributed by atoms with van der Waals surface area (Å²) >= 11 is 15.4. The van der Waals surface area contributed by atoms with Gasteiger partial charge in [0, 0.05) is 15.4 Å². The molecule has 1 rings (SSSR count). The summed E-state index contributed by atoms with van der Waals surface area (Å²) in [6.45, 7) is 4.40. The Labute approximate surface area is 104 Å². The Morgan fingerprint density at radius 2 is 1.93 bits per heavy atom. The third-order valence-corrected chi connectivity index (χ3v) is 4.15. The number of hydrogen-bond donors (Lipinski definition) is 0. The third-order valence-electron chi connectivity index (χ3n) is 2.05. The molecule has 0 radical (unpaired) electrons. The molecule has 1 aromatic carbocycles. The van der Waals surface area contributed by atoms with Crippen LogP contribution < -0.4 is 0 Å². The van der Waals surface area contributed by atoms with E-state index in [0.29, 0.717) is 5.02 Å². The van der Waals surface area contributed by atoms with Crippen molar-refractivity contribution in [3.05, 3.63) is 33.8 Å². The average Bonchev–Trinajstić information content (AvgIpc) is 2.10. The van der Waals surface area contributed by atoms with Crippen molar-refractivity contribution in [2.45, 2.75) is 20.3 Å². The van der Waals surface area contributed by atoms with Gasteiger partial charge in [0.2, 0.25) is 0 Å². The molecule has 0 atom stereocenters. The summed E-state index contributed by atoms with van der Waals surface area (Å²) < 4.78 is 0. The van der Waals surface area contributed by atoms with Crippen LogP contribution in [0.4, 0.5) is 0 Å². The van der Waals surface area contributed by atoms with E-state index in [1.54, 1.807) is 6.07 Å². The van der Waals surface area contributed by atoms with Gasteiger partial charge in [-0.25, -0.2) is 0 Å². The maximum atomic E-state index is 6.09. The van der Waals surface area contributed by atoms with Crippen molar-refractivity contribution < 1.29 is 0 Å². The summed E-state index contributed by atoms with van der Waals surface area (Å²) in [6.07, 6.45) is 0.953. The van der Waals surface area contributed by atoms with E-state index in [0.717, 1.165) is 22.3 Å². The Hall–Kier alpha value is 0.280. The zero-order chi connectivity index (χ0) is 10.8. The van der Waals surface area contributed by atoms with Gasteiger partial charge in [0.05, 0.1) is 0 Å². The van der Waals surface area contributed by atoms with Gasteiger partial charge in [-0.05, 0) is 29.5 Å². The fourth-order valence-electron chi connectivity index (χ4n) is 1.23. The van der Waals surface area contributed by atoms with E-state index in [2.05, 4.69) is 29.8 Å². The molecule has 0 spiro atoms. The van der Waals surface area contributed by atoms with Gasteiger partial charge < -0.3 is 0 Å². The molecule has 1 aromatic rings. The molecule has 0 aliphatic carbocycles. The molecule has 0 amide bonds. The molecule has 0 aliphatic rings. The van der Waals surface area contributed by atoms with Crippen LogP contribution in [0.3, 0.4) is 0 Å². The first kappa shape index (κ1) is 12.4. The SMILES string of the molecule is CC(C)(CBr)Cc1ccc(Cl)cc1Cl. The van der Waals surface area contributed by atoms with Crippen LogP contribution in [0.1, 0.15) is 19.4 Å². The average molecular weight is 296 g/mol. The second kappa shape index (κ2) is 4.87. The molecule has 0 fully saturated rings. The molecule has 0 aromatic heterocycles. The molecule has 0 saturated carbocycles. The van der Waals surface area contributed by atoms with Gasteiger partial charge in [0.1, 0.15) is 0 Å². The molecule has 3 heteroatoms. The Morgan fingerprint density at radius 1 is 1.29 bits per heavy atom. The lowest BCUT2D eigenvalue weighted by atomic mass is 9.88. The maximum absolute atomic E-state index is 6.09. The van der Waals surface area contributed by atoms with Crippen molar-refractivity contribution in [3.8, 4) is 0 Å². The topological polar surface area (TPSA) is 0 Å². The Kier molecular flexibility index (Phi) is 4.30. The second-order valence-corrected chi connectivity index (χ2v) is 5.61. The molecular weight excluding hydrogens is 283 g/mol. The zero-order valence-electron chi connectivity index (χ0n) is 8.28. The quantitative estimate of drug-likeness (QED) is 0.692. The highest BCUT2D eigenvalue weighted by Gasteiger charge is 2.18. The second-order valence-electron chi connectivity index (χ2n) is 4.21. The van der Waals surface area contributed by atoms with Crippen LogP contribution in [-0.2, 0) is 6.42 Å². The Bertz CT molecular complexity index is 321. The minimum atomic E-state index is 0.220. The van der Waals surface area contributed by atoms with Crippen LogP contribution in [-0.4, -0.2) is 5.33 Å². The fraction of sp³-hybridized carbons (Fsp3) is 0.455. The first-order valence-electron chi connectivity index (χ1n) is 4.44. The summed E-state index contributed by atoms with van der Waals surface area (Å²) in [6, 6.07) is 5.67. The third kappa shape index (κ3) is 3.45. The van der Waals surface area contributed by atoms with E-state index in [1.165, 1.54) is 0 Å². The van der Waals surface area contributed by atoms with Crippen LogP contribution in [0.2, 0.25) is 10.0 Å². The number of benzene rings is 1. The number of halogens is 3. The van der Waals surface area contributed by atoms with Gasteiger partial charge in [-0.2, -0.15) is 0 Å². The van der Waals surface area contributed by atoms with Crippen LogP contribution in [0.15, 0.2) is 18.2 Å². The normalized spacial score (nSPS) is 11.8. The summed E-state index contributed by atoms with van der Waals surface area (Å²) in [5.41, 5.74) is 1.37. The van der Waals surface area contributed by atoms with Gasteiger partial charge in [0.25, 0.3) is 0 Å². The molecule has 0 saturated heterocycles. The molecule has 0 N–H and O–H groups in total. The van der Waals surface area contributed by atoms with Gasteiger partial charge in [0.15, 0.2) is 0 Å². The molecule has 78 valence electrons. The van der Waals surface area contributed by atoms with E-state index in [1.807, 2.05) is 12.1 Å². The molecular formula is C11H13BrCl2. The summed E-state index contributed by atoms with van der Waals surface area (Å²) in [5, 5.41) is 2.40. The minimum Gasteiger partial charge on any atom is -0.0922 e. The van der Waals surface area contributed by atoms with E-state index in [9.17, 15) is 0 Å². The predicted octanol–water partition coefficient (Wildman–Crippen LogP) is 4.96. The van der Waals surface area contributed by atoms with E-state index in [4.69, 9.17) is 23.2 Å². The summed E-state index contributed by atoms with van der Waals surface area (Å²) in [7, 11) is 0. The van der Waals surface area contributed by atoms with Crippen molar-refractivity contribution in [2.24, 2.45) is 5.41 Å². The Balaban J connectivity index is 2.87. The highest BCUT2D eigenvalue weighted by molar-refractivity contribution is 9.09. The van der Waals surface area contributed by atoms with Gasteiger partial charge in [-0.1, -0.05) is 59.0 Å². The first-order valence-corrected chi connectivity index (χ1v) is 6.32. The molecule has 0 heterocycles. The number of rotatable bonds is 3. The fourth-order valence-corrected chi connectivity index (χ4v) is 1.90. The van der Waals surface area contributed by atoms with Gasteiger partial charge in [-0.3, -0.25) is 0 Å². The maximum Gasteiger partial charge on any atom is 0.0453 e. The highest BCUT2D eigenvalue weighted by atomic mass is 79.9. The van der Waals surface area contributed by atoms with Gasteiger partial charge in [-0.15, -0.1) is 0 Å². The summed E-state index contributed by atoms with van der Waals surface area (Å²) in [4.78, 5) is 0. The van der Waals surface area contributed by atoms with Crippen molar-refractivity contribution in [2.75, 3.05) is 5.33 Å².